The van der Waals surface area contributed by atoms with E-state index in [2.05, 4.69) is 161 Å². The van der Waals surface area contributed by atoms with Crippen molar-refractivity contribution in [2.75, 3.05) is 0 Å². The van der Waals surface area contributed by atoms with E-state index >= 15 is 0 Å². The standard InChI is InChI=1S/C44H37.V/c1-30(27-31-15-4-2-5-16-31)28-34-29-41(36-22-11-10-21-35(34)36)40-26-14-25-38-37-23-12-13-24-39(37)44(43(38)40)42(33-19-8-9-20-33)32-17-6-3-7-18-32;/h2-7,10-18,21-26,28-29,33,41-42,44H,8-9,19-20,27H2;/q-1;+2. The van der Waals surface area contributed by atoms with E-state index in [-0.39, 0.29) is 5.92 Å². The van der Waals surface area contributed by atoms with E-state index in [9.17, 15) is 0 Å². The second-order valence-electron chi connectivity index (χ2n) is 13.0. The molecule has 0 spiro atoms. The SMILES string of the molecule is [V+2]=[C-]C(=CC1=CC(c2cccc3c2C(C(c2ccccc2)C2CCCC2)c2ccccc2-3)c2ccccc21)Cc1ccccc1. The number of hydrogen-bond donors (Lipinski definition) is 0. The summed E-state index contributed by atoms with van der Waals surface area (Å²) in [4.78, 5) is 0. The second kappa shape index (κ2) is 12.4. The summed E-state index contributed by atoms with van der Waals surface area (Å²) < 4.78 is 3.45. The molecule has 0 amide bonds. The van der Waals surface area contributed by atoms with E-state index in [0.717, 1.165) is 6.42 Å². The Kier molecular flexibility index (Phi) is 7.88. The van der Waals surface area contributed by atoms with Gasteiger partial charge in [0.2, 0.25) is 0 Å². The Morgan fingerprint density at radius 2 is 1.29 bits per heavy atom. The van der Waals surface area contributed by atoms with Gasteiger partial charge in [-0.25, -0.2) is 0 Å². The van der Waals surface area contributed by atoms with Crippen molar-refractivity contribution in [1.29, 1.82) is 0 Å². The van der Waals surface area contributed by atoms with Crippen LogP contribution in [0.2, 0.25) is 0 Å². The van der Waals surface area contributed by atoms with E-state index < -0.39 is 0 Å². The van der Waals surface area contributed by atoms with E-state index in [1.165, 1.54) is 81.3 Å². The summed E-state index contributed by atoms with van der Waals surface area (Å²) in [5.41, 5.74) is 15.5. The van der Waals surface area contributed by atoms with Gasteiger partial charge in [0.15, 0.2) is 0 Å². The zero-order valence-electron chi connectivity index (χ0n) is 25.6. The van der Waals surface area contributed by atoms with E-state index in [1.807, 2.05) is 0 Å². The molecular formula is C44H37V+. The summed E-state index contributed by atoms with van der Waals surface area (Å²) in [5, 5.41) is 0. The fourth-order valence-electron chi connectivity index (χ4n) is 8.61. The average molecular weight is 617 g/mol. The molecule has 0 radical (unpaired) electrons. The van der Waals surface area contributed by atoms with E-state index in [1.54, 1.807) is 5.56 Å². The van der Waals surface area contributed by atoms with Gasteiger partial charge in [0.25, 0.3) is 0 Å². The van der Waals surface area contributed by atoms with E-state index in [0.29, 0.717) is 17.8 Å². The first-order valence-corrected chi connectivity index (χ1v) is 17.2. The minimum atomic E-state index is 0.212. The molecule has 3 unspecified atom stereocenters. The van der Waals surface area contributed by atoms with Crippen LogP contribution in [-0.2, 0) is 23.4 Å². The molecule has 3 atom stereocenters. The summed E-state index contributed by atoms with van der Waals surface area (Å²) in [6.07, 6.45) is 11.1. The van der Waals surface area contributed by atoms with Crippen LogP contribution >= 0.6 is 0 Å². The Morgan fingerprint density at radius 1 is 0.667 bits per heavy atom. The number of rotatable bonds is 8. The molecule has 3 aliphatic rings. The van der Waals surface area contributed by atoms with Gasteiger partial charge in [-0.1, -0.05) is 31.0 Å². The average Bonchev–Trinajstić information content (AvgIpc) is 3.84. The monoisotopic (exact) mass is 616 g/mol. The molecule has 0 saturated heterocycles. The van der Waals surface area contributed by atoms with Crippen LogP contribution in [0.5, 0.6) is 0 Å². The Balaban J connectivity index is 1.29. The van der Waals surface area contributed by atoms with Gasteiger partial charge in [-0.05, 0) is 0 Å². The third kappa shape index (κ3) is 5.25. The third-order valence-electron chi connectivity index (χ3n) is 10.5. The van der Waals surface area contributed by atoms with Crippen LogP contribution in [0.1, 0.15) is 82.4 Å². The van der Waals surface area contributed by atoms with Crippen LogP contribution in [-0.4, -0.2) is 4.73 Å². The fraction of sp³-hybridized carbons (Fsp3) is 0.205. The first-order valence-electron chi connectivity index (χ1n) is 16.5. The molecular weight excluding hydrogens is 579 g/mol. The van der Waals surface area contributed by atoms with Crippen molar-refractivity contribution >= 4 is 10.3 Å². The van der Waals surface area contributed by atoms with Gasteiger partial charge < -0.3 is 0 Å². The van der Waals surface area contributed by atoms with Gasteiger partial charge in [-0.15, -0.1) is 0 Å². The summed E-state index contributed by atoms with van der Waals surface area (Å²) in [5.74, 6) is 1.73. The van der Waals surface area contributed by atoms with Crippen molar-refractivity contribution in [3.05, 3.63) is 184 Å². The maximum absolute atomic E-state index is 3.45. The Bertz CT molecular complexity index is 1910. The van der Waals surface area contributed by atoms with Crippen LogP contribution in [0.15, 0.2) is 145 Å². The molecule has 45 heavy (non-hydrogen) atoms. The Morgan fingerprint density at radius 3 is 2.04 bits per heavy atom. The second-order valence-corrected chi connectivity index (χ2v) is 13.3. The molecule has 5 aromatic carbocycles. The van der Waals surface area contributed by atoms with Crippen molar-refractivity contribution < 1.29 is 17.0 Å². The number of hydrogen-bond acceptors (Lipinski definition) is 0. The van der Waals surface area contributed by atoms with Crippen molar-refractivity contribution in [3.8, 4) is 11.1 Å². The molecule has 0 N–H and O–H groups in total. The van der Waals surface area contributed by atoms with E-state index in [4.69, 9.17) is 0 Å². The number of fused-ring (bicyclic) bond motifs is 4. The summed E-state index contributed by atoms with van der Waals surface area (Å²) in [6.45, 7) is 0. The van der Waals surface area contributed by atoms with Crippen molar-refractivity contribution in [2.45, 2.75) is 49.9 Å². The van der Waals surface area contributed by atoms with Gasteiger partial charge in [0.05, 0.1) is 0 Å². The number of benzene rings is 5. The van der Waals surface area contributed by atoms with Crippen LogP contribution in [0.4, 0.5) is 0 Å². The summed E-state index contributed by atoms with van der Waals surface area (Å²) in [6, 6.07) is 47.6. The van der Waals surface area contributed by atoms with Gasteiger partial charge in [0, 0.05) is 0 Å². The van der Waals surface area contributed by atoms with Crippen LogP contribution in [0.25, 0.3) is 16.7 Å². The van der Waals surface area contributed by atoms with Gasteiger partial charge in [0.1, 0.15) is 0 Å². The zero-order valence-corrected chi connectivity index (χ0v) is 27.0. The van der Waals surface area contributed by atoms with Gasteiger partial charge in [-0.2, -0.15) is 0 Å². The molecule has 1 heteroatoms. The van der Waals surface area contributed by atoms with Crippen molar-refractivity contribution in [3.63, 3.8) is 0 Å². The predicted octanol–water partition coefficient (Wildman–Crippen LogP) is 10.7. The molecule has 1 fully saturated rings. The molecule has 0 aromatic heterocycles. The zero-order chi connectivity index (χ0) is 30.2. The minimum absolute atomic E-state index is 0.212. The van der Waals surface area contributed by atoms with Crippen LogP contribution < -0.4 is 0 Å². The van der Waals surface area contributed by atoms with Crippen LogP contribution in [0.3, 0.4) is 0 Å². The van der Waals surface area contributed by atoms with Gasteiger partial charge in [-0.3, -0.25) is 0 Å². The van der Waals surface area contributed by atoms with Crippen molar-refractivity contribution in [2.24, 2.45) is 5.92 Å². The molecule has 0 bridgehead atoms. The molecule has 0 nitrogen and oxygen atoms in total. The first-order chi connectivity index (χ1) is 22.3. The third-order valence-corrected chi connectivity index (χ3v) is 10.9. The van der Waals surface area contributed by atoms with Crippen LogP contribution in [0, 0.1) is 5.92 Å². The summed E-state index contributed by atoms with van der Waals surface area (Å²) in [7, 11) is 0. The molecule has 5 aromatic rings. The first kappa shape index (κ1) is 28.5. The normalized spacial score (nSPS) is 19.5. The fourth-order valence-corrected chi connectivity index (χ4v) is 8.83. The Labute approximate surface area is 277 Å². The number of allylic oxidation sites excluding steroid dienone is 4. The maximum atomic E-state index is 3.45. The molecule has 1 saturated carbocycles. The molecule has 8 rings (SSSR count). The van der Waals surface area contributed by atoms with Crippen molar-refractivity contribution in [1.82, 2.24) is 0 Å². The summed E-state index contributed by atoms with van der Waals surface area (Å²) >= 11 is 2.56. The quantitative estimate of drug-likeness (QED) is 0.152. The molecule has 3 aliphatic carbocycles. The molecule has 217 valence electrons. The topological polar surface area (TPSA) is 0 Å². The molecule has 0 heterocycles. The molecule has 0 aliphatic heterocycles. The van der Waals surface area contributed by atoms with Gasteiger partial charge >= 0.3 is 247 Å². The predicted molar refractivity (Wildman–Crippen MR) is 184 cm³/mol. The Hall–Kier alpha value is -3.97.